The first-order chi connectivity index (χ1) is 6.85. The van der Waals surface area contributed by atoms with Crippen molar-refractivity contribution < 1.29 is 23.1 Å². The molecule has 0 saturated carbocycles. The zero-order valence-electron chi connectivity index (χ0n) is 7.88. The summed E-state index contributed by atoms with van der Waals surface area (Å²) in [4.78, 5) is 10.1. The quantitative estimate of drug-likeness (QED) is 0.846. The molecule has 1 atom stereocenters. The molecule has 0 aliphatic heterocycles. The van der Waals surface area contributed by atoms with Crippen molar-refractivity contribution in [3.63, 3.8) is 0 Å². The highest BCUT2D eigenvalue weighted by molar-refractivity contribution is 5.76. The molecular formula is C10H9F3O2. The molecule has 0 heterocycles. The average Bonchev–Trinajstić information content (AvgIpc) is 2.17. The van der Waals surface area contributed by atoms with Crippen molar-refractivity contribution >= 4 is 5.97 Å². The highest BCUT2D eigenvalue weighted by atomic mass is 19.3. The van der Waals surface area contributed by atoms with E-state index in [4.69, 9.17) is 5.11 Å². The number of aliphatic carboxylic acids is 1. The first kappa shape index (κ1) is 11.6. The minimum atomic E-state index is -4.39. The van der Waals surface area contributed by atoms with E-state index >= 15 is 0 Å². The maximum absolute atomic E-state index is 13.2. The lowest BCUT2D eigenvalue weighted by atomic mass is 10.0. The molecule has 15 heavy (non-hydrogen) atoms. The molecule has 5 heteroatoms. The molecular weight excluding hydrogens is 209 g/mol. The number of carboxylic acids is 1. The molecule has 1 aromatic rings. The molecule has 0 saturated heterocycles. The number of hydrogen-bond acceptors (Lipinski definition) is 1. The van der Waals surface area contributed by atoms with Crippen molar-refractivity contribution in [2.45, 2.75) is 19.0 Å². The first-order valence-corrected chi connectivity index (χ1v) is 4.17. The minimum absolute atomic E-state index is 0.340. The van der Waals surface area contributed by atoms with E-state index in [2.05, 4.69) is 0 Å². The van der Waals surface area contributed by atoms with Crippen LogP contribution in [-0.2, 0) is 4.79 Å². The molecule has 82 valence electrons. The van der Waals surface area contributed by atoms with Crippen LogP contribution in [-0.4, -0.2) is 17.0 Å². The number of benzene rings is 1. The first-order valence-electron chi connectivity index (χ1n) is 4.17. The molecule has 2 nitrogen and oxygen atoms in total. The average molecular weight is 218 g/mol. The van der Waals surface area contributed by atoms with Crippen LogP contribution in [0.5, 0.6) is 0 Å². The third-order valence-corrected chi connectivity index (χ3v) is 1.97. The maximum Gasteiger partial charge on any atom is 0.378 e. The summed E-state index contributed by atoms with van der Waals surface area (Å²) < 4.78 is 38.7. The third-order valence-electron chi connectivity index (χ3n) is 1.97. The Morgan fingerprint density at radius 3 is 2.20 bits per heavy atom. The summed E-state index contributed by atoms with van der Waals surface area (Å²) >= 11 is 0. The van der Waals surface area contributed by atoms with E-state index in [9.17, 15) is 18.0 Å². The summed E-state index contributed by atoms with van der Waals surface area (Å²) in [6.45, 7) is 1.71. The van der Waals surface area contributed by atoms with Crippen LogP contribution in [0.1, 0.15) is 17.3 Å². The number of aryl methyl sites for hydroxylation is 1. The van der Waals surface area contributed by atoms with Crippen LogP contribution in [0.25, 0.3) is 0 Å². The summed E-state index contributed by atoms with van der Waals surface area (Å²) in [5, 5.41) is 8.14. The van der Waals surface area contributed by atoms with Crippen molar-refractivity contribution in [2.24, 2.45) is 0 Å². The lowest BCUT2D eigenvalue weighted by Crippen LogP contribution is -2.33. The van der Waals surface area contributed by atoms with Crippen molar-refractivity contribution in [1.29, 1.82) is 0 Å². The van der Waals surface area contributed by atoms with Gasteiger partial charge in [0.05, 0.1) is 0 Å². The van der Waals surface area contributed by atoms with Crippen molar-refractivity contribution in [3.8, 4) is 0 Å². The topological polar surface area (TPSA) is 37.3 Å². The van der Waals surface area contributed by atoms with E-state index < -0.39 is 18.1 Å². The Morgan fingerprint density at radius 1 is 1.33 bits per heavy atom. The third kappa shape index (κ3) is 2.29. The number of alkyl halides is 3. The van der Waals surface area contributed by atoms with Gasteiger partial charge in [-0.1, -0.05) is 29.8 Å². The zero-order valence-corrected chi connectivity index (χ0v) is 7.88. The predicted octanol–water partition coefficient (Wildman–Crippen LogP) is 2.73. The summed E-state index contributed by atoms with van der Waals surface area (Å²) in [5.41, 5.74) is 0.442. The molecule has 0 radical (unpaired) electrons. The molecule has 1 rings (SSSR count). The van der Waals surface area contributed by atoms with Gasteiger partial charge >= 0.3 is 11.9 Å². The monoisotopic (exact) mass is 218 g/mol. The number of rotatable bonds is 3. The predicted molar refractivity (Wildman–Crippen MR) is 47.6 cm³/mol. The molecule has 0 amide bonds. The largest absolute Gasteiger partial charge is 0.477 e. The molecule has 1 N–H and O–H groups in total. The van der Waals surface area contributed by atoms with Gasteiger partial charge in [0.1, 0.15) is 0 Å². The van der Waals surface area contributed by atoms with Gasteiger partial charge in [-0.15, -0.1) is 0 Å². The number of hydrogen-bond donors (Lipinski definition) is 1. The van der Waals surface area contributed by atoms with Crippen molar-refractivity contribution in [2.75, 3.05) is 0 Å². The second kappa shape index (κ2) is 3.92. The molecule has 1 unspecified atom stereocenters. The highest BCUT2D eigenvalue weighted by Crippen LogP contribution is 2.34. The van der Waals surface area contributed by atoms with Crippen LogP contribution in [0.15, 0.2) is 24.3 Å². The normalized spacial score (nSPS) is 13.6. The molecule has 0 aliphatic carbocycles. The Bertz CT molecular complexity index is 359. The van der Waals surface area contributed by atoms with Crippen molar-refractivity contribution in [3.05, 3.63) is 35.4 Å². The van der Waals surface area contributed by atoms with E-state index in [1.165, 1.54) is 12.1 Å². The van der Waals surface area contributed by atoms with Gasteiger partial charge in [-0.25, -0.2) is 9.18 Å². The molecule has 0 spiro atoms. The summed E-state index contributed by atoms with van der Waals surface area (Å²) in [5.74, 6) is -6.86. The molecule has 0 bridgehead atoms. The van der Waals surface area contributed by atoms with E-state index in [1.54, 1.807) is 6.92 Å². The van der Waals surface area contributed by atoms with Gasteiger partial charge in [0.2, 0.25) is 0 Å². The molecule has 0 aliphatic rings. The van der Waals surface area contributed by atoms with Crippen LogP contribution < -0.4 is 0 Å². The van der Waals surface area contributed by atoms with E-state index in [-0.39, 0.29) is 5.56 Å². The van der Waals surface area contributed by atoms with Crippen LogP contribution in [0.4, 0.5) is 13.2 Å². The zero-order chi connectivity index (χ0) is 11.6. The fourth-order valence-corrected chi connectivity index (χ4v) is 1.05. The van der Waals surface area contributed by atoms with Gasteiger partial charge in [0, 0.05) is 0 Å². The van der Waals surface area contributed by atoms with Crippen LogP contribution in [0.3, 0.4) is 0 Å². The van der Waals surface area contributed by atoms with Gasteiger partial charge in [0.25, 0.3) is 0 Å². The standard InChI is InChI=1S/C10H9F3O2/c1-6-2-4-7(5-3-6)8(11)10(12,13)9(14)15/h2-5,8H,1H3,(H,14,15). The van der Waals surface area contributed by atoms with Gasteiger partial charge in [-0.3, -0.25) is 0 Å². The Morgan fingerprint density at radius 2 is 1.80 bits per heavy atom. The second-order valence-electron chi connectivity index (χ2n) is 3.20. The lowest BCUT2D eigenvalue weighted by Gasteiger charge is -2.16. The summed E-state index contributed by atoms with van der Waals surface area (Å²) in [6, 6.07) is 5.19. The number of carboxylic acid groups (broad SMARTS) is 1. The highest BCUT2D eigenvalue weighted by Gasteiger charge is 2.49. The van der Waals surface area contributed by atoms with E-state index in [1.807, 2.05) is 0 Å². The molecule has 1 aromatic carbocycles. The van der Waals surface area contributed by atoms with Crippen LogP contribution in [0, 0.1) is 6.92 Å². The lowest BCUT2D eigenvalue weighted by molar-refractivity contribution is -0.175. The van der Waals surface area contributed by atoms with Gasteiger partial charge in [0.15, 0.2) is 6.17 Å². The smallest absolute Gasteiger partial charge is 0.378 e. The van der Waals surface area contributed by atoms with E-state index in [0.717, 1.165) is 17.7 Å². The van der Waals surface area contributed by atoms with E-state index in [0.29, 0.717) is 0 Å². The maximum atomic E-state index is 13.2. The molecule has 0 aromatic heterocycles. The Balaban J connectivity index is 2.99. The fraction of sp³-hybridized carbons (Fsp3) is 0.300. The van der Waals surface area contributed by atoms with Crippen molar-refractivity contribution in [1.82, 2.24) is 0 Å². The SMILES string of the molecule is Cc1ccc(C(F)C(F)(F)C(=O)O)cc1. The van der Waals surface area contributed by atoms with Crippen LogP contribution in [0.2, 0.25) is 0 Å². The summed E-state index contributed by atoms with van der Waals surface area (Å²) in [7, 11) is 0. The van der Waals surface area contributed by atoms with Crippen LogP contribution >= 0.6 is 0 Å². The van der Waals surface area contributed by atoms with Gasteiger partial charge < -0.3 is 5.11 Å². The second-order valence-corrected chi connectivity index (χ2v) is 3.20. The van der Waals surface area contributed by atoms with Gasteiger partial charge in [-0.2, -0.15) is 8.78 Å². The fourth-order valence-electron chi connectivity index (χ4n) is 1.05. The summed E-state index contributed by atoms with van der Waals surface area (Å²) in [6.07, 6.45) is -2.82. The number of halogens is 3. The molecule has 0 fully saturated rings. The number of carbonyl (C=O) groups is 1. The Labute approximate surface area is 84.3 Å². The Kier molecular flexibility index (Phi) is 3.02. The Hall–Kier alpha value is -1.52. The van der Waals surface area contributed by atoms with Gasteiger partial charge in [-0.05, 0) is 12.5 Å². The minimum Gasteiger partial charge on any atom is -0.477 e.